The molecule has 0 saturated carbocycles. The van der Waals surface area contributed by atoms with Crippen LogP contribution in [0.15, 0.2) is 54.9 Å². The summed E-state index contributed by atoms with van der Waals surface area (Å²) in [5.41, 5.74) is 3.33. The first-order valence-corrected chi connectivity index (χ1v) is 9.46. The zero-order valence-corrected chi connectivity index (χ0v) is 15.9. The lowest BCUT2D eigenvalue weighted by atomic mass is 10.2. The number of imidazole rings is 1. The number of aromatic nitrogens is 2. The summed E-state index contributed by atoms with van der Waals surface area (Å²) in [4.78, 5) is 30.1. The van der Waals surface area contributed by atoms with E-state index >= 15 is 0 Å². The molecule has 1 aliphatic heterocycles. The maximum absolute atomic E-state index is 12.1. The molecule has 7 heteroatoms. The Bertz CT molecular complexity index is 1060. The van der Waals surface area contributed by atoms with Gasteiger partial charge in [-0.25, -0.2) is 4.98 Å². The lowest BCUT2D eigenvalue weighted by molar-refractivity contribution is -0.117. The first kappa shape index (κ1) is 18.3. The van der Waals surface area contributed by atoms with E-state index in [4.69, 9.17) is 11.6 Å². The van der Waals surface area contributed by atoms with Crippen molar-refractivity contribution in [2.75, 3.05) is 11.4 Å². The topological polar surface area (TPSA) is 66.7 Å². The fourth-order valence-corrected chi connectivity index (χ4v) is 3.37. The van der Waals surface area contributed by atoms with Gasteiger partial charge in [-0.05, 0) is 42.3 Å². The van der Waals surface area contributed by atoms with Crippen molar-refractivity contribution in [1.82, 2.24) is 14.7 Å². The van der Waals surface area contributed by atoms with Crippen molar-refractivity contribution in [1.29, 1.82) is 0 Å². The van der Waals surface area contributed by atoms with E-state index in [1.54, 1.807) is 23.2 Å². The summed E-state index contributed by atoms with van der Waals surface area (Å²) in [5.74, 6) is -0.0363. The SMILES string of the molecule is O=C(/C=C/c1ccc(N2CCCC2=O)cc1)NCc1cn2cc(Cl)ccc2n1. The van der Waals surface area contributed by atoms with E-state index in [2.05, 4.69) is 10.3 Å². The third-order valence-electron chi connectivity index (χ3n) is 4.61. The normalized spacial score (nSPS) is 14.3. The lowest BCUT2D eigenvalue weighted by Gasteiger charge is -2.15. The van der Waals surface area contributed by atoms with Crippen LogP contribution in [-0.4, -0.2) is 27.7 Å². The number of amides is 2. The minimum Gasteiger partial charge on any atom is -0.347 e. The van der Waals surface area contributed by atoms with Crippen LogP contribution in [0.1, 0.15) is 24.1 Å². The van der Waals surface area contributed by atoms with Crippen molar-refractivity contribution >= 4 is 40.8 Å². The molecule has 0 bridgehead atoms. The van der Waals surface area contributed by atoms with Crippen LogP contribution in [0.5, 0.6) is 0 Å². The van der Waals surface area contributed by atoms with Crippen molar-refractivity contribution in [3.8, 4) is 0 Å². The molecular formula is C21H19ClN4O2. The molecule has 0 aliphatic carbocycles. The van der Waals surface area contributed by atoms with Gasteiger partial charge in [-0.3, -0.25) is 9.59 Å². The second-order valence-corrected chi connectivity index (χ2v) is 7.07. The standard InChI is InChI=1S/C21H19ClN4O2/c22-16-6-9-19-24-17(14-25(19)13-16)12-23-20(27)10-5-15-3-7-18(8-4-15)26-11-1-2-21(26)28/h3-10,13-14H,1-2,11-12H2,(H,23,27)/b10-5+. The van der Waals surface area contributed by atoms with Gasteiger partial charge in [-0.15, -0.1) is 0 Å². The van der Waals surface area contributed by atoms with Gasteiger partial charge in [-0.1, -0.05) is 23.7 Å². The number of carbonyl (C=O) groups is 2. The monoisotopic (exact) mass is 394 g/mol. The maximum atomic E-state index is 12.1. The summed E-state index contributed by atoms with van der Waals surface area (Å²) in [5, 5.41) is 3.45. The molecule has 0 atom stereocenters. The molecule has 0 radical (unpaired) electrons. The Labute approximate surface area is 167 Å². The fraction of sp³-hybridized carbons (Fsp3) is 0.190. The number of halogens is 1. The molecule has 28 heavy (non-hydrogen) atoms. The first-order valence-electron chi connectivity index (χ1n) is 9.08. The minimum absolute atomic E-state index is 0.164. The van der Waals surface area contributed by atoms with E-state index in [0.717, 1.165) is 35.6 Å². The van der Waals surface area contributed by atoms with Crippen molar-refractivity contribution < 1.29 is 9.59 Å². The molecular weight excluding hydrogens is 376 g/mol. The largest absolute Gasteiger partial charge is 0.347 e. The molecule has 1 saturated heterocycles. The molecule has 3 aromatic rings. The number of benzene rings is 1. The van der Waals surface area contributed by atoms with Gasteiger partial charge < -0.3 is 14.6 Å². The van der Waals surface area contributed by atoms with Gasteiger partial charge in [0.25, 0.3) is 0 Å². The van der Waals surface area contributed by atoms with Crippen molar-refractivity contribution in [2.24, 2.45) is 0 Å². The van der Waals surface area contributed by atoms with E-state index in [0.29, 0.717) is 18.0 Å². The molecule has 6 nitrogen and oxygen atoms in total. The summed E-state index contributed by atoms with van der Waals surface area (Å²) in [6.45, 7) is 1.10. The van der Waals surface area contributed by atoms with Crippen LogP contribution in [0, 0.1) is 0 Å². The summed E-state index contributed by atoms with van der Waals surface area (Å²) in [6, 6.07) is 11.2. The highest BCUT2D eigenvalue weighted by atomic mass is 35.5. The summed E-state index contributed by atoms with van der Waals surface area (Å²) in [7, 11) is 0. The number of pyridine rings is 1. The molecule has 1 aliphatic rings. The van der Waals surface area contributed by atoms with Crippen molar-refractivity contribution in [2.45, 2.75) is 19.4 Å². The zero-order valence-electron chi connectivity index (χ0n) is 15.1. The van der Waals surface area contributed by atoms with E-state index in [1.807, 2.05) is 40.9 Å². The molecule has 4 rings (SSSR count). The number of hydrogen-bond donors (Lipinski definition) is 1. The van der Waals surface area contributed by atoms with E-state index in [9.17, 15) is 9.59 Å². The molecule has 2 aromatic heterocycles. The Balaban J connectivity index is 1.33. The second-order valence-electron chi connectivity index (χ2n) is 6.64. The molecule has 1 aromatic carbocycles. The number of rotatable bonds is 5. The van der Waals surface area contributed by atoms with Gasteiger partial charge in [0.15, 0.2) is 0 Å². The molecule has 3 heterocycles. The number of nitrogens with one attached hydrogen (secondary N) is 1. The van der Waals surface area contributed by atoms with Gasteiger partial charge in [0.05, 0.1) is 17.3 Å². The third-order valence-corrected chi connectivity index (χ3v) is 4.84. The van der Waals surface area contributed by atoms with Gasteiger partial charge in [0.2, 0.25) is 11.8 Å². The Morgan fingerprint density at radius 2 is 2.00 bits per heavy atom. The highest BCUT2D eigenvalue weighted by Gasteiger charge is 2.21. The highest BCUT2D eigenvalue weighted by molar-refractivity contribution is 6.30. The number of carbonyl (C=O) groups excluding carboxylic acids is 2. The van der Waals surface area contributed by atoms with Crippen LogP contribution >= 0.6 is 11.6 Å². The highest BCUT2D eigenvalue weighted by Crippen LogP contribution is 2.21. The van der Waals surface area contributed by atoms with Crippen molar-refractivity contribution in [3.05, 3.63) is 71.1 Å². The second kappa shape index (κ2) is 7.86. The van der Waals surface area contributed by atoms with E-state index < -0.39 is 0 Å². The molecule has 0 spiro atoms. The Kier molecular flexibility index (Phi) is 5.12. The third kappa shape index (κ3) is 4.07. The van der Waals surface area contributed by atoms with Crippen LogP contribution in [0.3, 0.4) is 0 Å². The van der Waals surface area contributed by atoms with Gasteiger partial charge >= 0.3 is 0 Å². The van der Waals surface area contributed by atoms with Gasteiger partial charge in [-0.2, -0.15) is 0 Å². The quantitative estimate of drug-likeness (QED) is 0.674. The number of nitrogens with zero attached hydrogens (tertiary/aromatic N) is 3. The molecule has 1 N–H and O–H groups in total. The smallest absolute Gasteiger partial charge is 0.244 e. The summed E-state index contributed by atoms with van der Waals surface area (Å²) in [6.07, 6.45) is 8.36. The predicted molar refractivity (Wildman–Crippen MR) is 109 cm³/mol. The molecule has 142 valence electrons. The summed E-state index contributed by atoms with van der Waals surface area (Å²) < 4.78 is 1.83. The van der Waals surface area contributed by atoms with Gasteiger partial charge in [0.1, 0.15) is 5.65 Å². The predicted octanol–water partition coefficient (Wildman–Crippen LogP) is 3.44. The van der Waals surface area contributed by atoms with Gasteiger partial charge in [0, 0.05) is 37.1 Å². The average Bonchev–Trinajstić information content (AvgIpc) is 3.30. The average molecular weight is 395 g/mol. The van der Waals surface area contributed by atoms with E-state index in [1.165, 1.54) is 6.08 Å². The lowest BCUT2D eigenvalue weighted by Crippen LogP contribution is -2.23. The maximum Gasteiger partial charge on any atom is 0.244 e. The first-order chi connectivity index (χ1) is 13.6. The van der Waals surface area contributed by atoms with Crippen LogP contribution in [0.25, 0.3) is 11.7 Å². The number of hydrogen-bond acceptors (Lipinski definition) is 3. The molecule has 0 unspecified atom stereocenters. The molecule has 1 fully saturated rings. The Morgan fingerprint density at radius 1 is 1.18 bits per heavy atom. The number of anilines is 1. The zero-order chi connectivity index (χ0) is 19.5. The molecule has 2 amide bonds. The van der Waals surface area contributed by atoms with E-state index in [-0.39, 0.29) is 11.8 Å². The van der Waals surface area contributed by atoms with Crippen LogP contribution in [0.2, 0.25) is 5.02 Å². The van der Waals surface area contributed by atoms with Crippen LogP contribution in [-0.2, 0) is 16.1 Å². The van der Waals surface area contributed by atoms with Crippen LogP contribution in [0.4, 0.5) is 5.69 Å². The van der Waals surface area contributed by atoms with Crippen LogP contribution < -0.4 is 10.2 Å². The fourth-order valence-electron chi connectivity index (χ4n) is 3.20. The van der Waals surface area contributed by atoms with Crippen molar-refractivity contribution in [3.63, 3.8) is 0 Å². The summed E-state index contributed by atoms with van der Waals surface area (Å²) >= 11 is 5.96. The number of fused-ring (bicyclic) bond motifs is 1. The Morgan fingerprint density at radius 3 is 2.75 bits per heavy atom. The minimum atomic E-state index is -0.200. The Hall–Kier alpha value is -3.12.